The highest BCUT2D eigenvalue weighted by atomic mass is 14.9. The lowest BCUT2D eigenvalue weighted by Gasteiger charge is -2.45. The highest BCUT2D eigenvalue weighted by Crippen LogP contribution is 2.47. The standard InChI is InChI=1S/C10H19N/c1-7(2)10-8-3-4-11-6-9(10)5-8/h7-11H,3-6H2,1-2H3. The molecule has 0 aromatic rings. The predicted octanol–water partition coefficient (Wildman–Crippen LogP) is 1.89. The number of hydrogen-bond acceptors (Lipinski definition) is 1. The van der Waals surface area contributed by atoms with Crippen LogP contribution in [-0.2, 0) is 0 Å². The van der Waals surface area contributed by atoms with Crippen LogP contribution in [0.5, 0.6) is 0 Å². The van der Waals surface area contributed by atoms with Crippen molar-refractivity contribution in [1.82, 2.24) is 5.32 Å². The summed E-state index contributed by atoms with van der Waals surface area (Å²) in [6.45, 7) is 7.33. The Labute approximate surface area is 69.6 Å². The van der Waals surface area contributed by atoms with Gasteiger partial charge in [-0.3, -0.25) is 0 Å². The summed E-state index contributed by atoms with van der Waals surface area (Å²) < 4.78 is 0. The summed E-state index contributed by atoms with van der Waals surface area (Å²) in [6.07, 6.45) is 2.94. The smallest absolute Gasteiger partial charge is 0.00176 e. The normalized spacial score (nSPS) is 43.4. The molecule has 64 valence electrons. The number of rotatable bonds is 1. The second-order valence-corrected chi connectivity index (χ2v) is 4.57. The summed E-state index contributed by atoms with van der Waals surface area (Å²) in [5.41, 5.74) is 0. The van der Waals surface area contributed by atoms with Crippen molar-refractivity contribution in [1.29, 1.82) is 0 Å². The van der Waals surface area contributed by atoms with Gasteiger partial charge >= 0.3 is 0 Å². The first-order valence-corrected chi connectivity index (χ1v) is 4.99. The molecule has 1 aliphatic carbocycles. The lowest BCUT2D eigenvalue weighted by atomic mass is 9.60. The van der Waals surface area contributed by atoms with E-state index in [1.54, 1.807) is 0 Å². The van der Waals surface area contributed by atoms with E-state index in [0.29, 0.717) is 0 Å². The Morgan fingerprint density at radius 2 is 2.09 bits per heavy atom. The highest BCUT2D eigenvalue weighted by molar-refractivity contribution is 4.94. The maximum atomic E-state index is 3.52. The van der Waals surface area contributed by atoms with Crippen molar-refractivity contribution in [2.75, 3.05) is 13.1 Å². The summed E-state index contributed by atoms with van der Waals surface area (Å²) in [6, 6.07) is 0. The number of nitrogens with one attached hydrogen (secondary N) is 1. The number of fused-ring (bicyclic) bond motifs is 3. The van der Waals surface area contributed by atoms with Crippen LogP contribution in [0.25, 0.3) is 0 Å². The third-order valence-electron chi connectivity index (χ3n) is 3.56. The van der Waals surface area contributed by atoms with Crippen molar-refractivity contribution in [2.24, 2.45) is 23.7 Å². The molecule has 3 unspecified atom stereocenters. The zero-order chi connectivity index (χ0) is 7.84. The van der Waals surface area contributed by atoms with Gasteiger partial charge in [-0.05, 0) is 49.6 Å². The summed E-state index contributed by atoms with van der Waals surface area (Å²) in [7, 11) is 0. The van der Waals surface area contributed by atoms with Gasteiger partial charge in [-0.25, -0.2) is 0 Å². The van der Waals surface area contributed by atoms with Gasteiger partial charge in [0.15, 0.2) is 0 Å². The molecule has 2 bridgehead atoms. The number of hydrogen-bond donors (Lipinski definition) is 1. The molecule has 2 aliphatic heterocycles. The van der Waals surface area contributed by atoms with Crippen molar-refractivity contribution in [3.63, 3.8) is 0 Å². The van der Waals surface area contributed by atoms with Crippen LogP contribution in [0.15, 0.2) is 0 Å². The van der Waals surface area contributed by atoms with Gasteiger partial charge in [0.2, 0.25) is 0 Å². The molecule has 0 radical (unpaired) electrons. The first kappa shape index (κ1) is 7.60. The van der Waals surface area contributed by atoms with Crippen LogP contribution in [0.4, 0.5) is 0 Å². The summed E-state index contributed by atoms with van der Waals surface area (Å²) in [4.78, 5) is 0. The van der Waals surface area contributed by atoms with Crippen molar-refractivity contribution in [2.45, 2.75) is 26.7 Å². The molecule has 2 heterocycles. The molecule has 1 N–H and O–H groups in total. The molecule has 0 aromatic heterocycles. The van der Waals surface area contributed by atoms with E-state index in [1.165, 1.54) is 25.9 Å². The molecule has 3 rings (SSSR count). The quantitative estimate of drug-likeness (QED) is 0.606. The molecular weight excluding hydrogens is 134 g/mol. The Balaban J connectivity index is 2.01. The Hall–Kier alpha value is -0.0400. The van der Waals surface area contributed by atoms with Crippen molar-refractivity contribution >= 4 is 0 Å². The summed E-state index contributed by atoms with van der Waals surface area (Å²) >= 11 is 0. The SMILES string of the molecule is CC(C)C1C2CCNCC1C2. The van der Waals surface area contributed by atoms with Crippen LogP contribution in [0.1, 0.15) is 26.7 Å². The van der Waals surface area contributed by atoms with Gasteiger partial charge in [0, 0.05) is 0 Å². The second-order valence-electron chi connectivity index (χ2n) is 4.57. The van der Waals surface area contributed by atoms with Crippen molar-refractivity contribution < 1.29 is 0 Å². The summed E-state index contributed by atoms with van der Waals surface area (Å²) in [5, 5.41) is 3.52. The zero-order valence-electron chi connectivity index (χ0n) is 7.64. The fraction of sp³-hybridized carbons (Fsp3) is 1.00. The molecule has 1 nitrogen and oxygen atoms in total. The molecule has 0 spiro atoms. The van der Waals surface area contributed by atoms with Crippen LogP contribution in [-0.4, -0.2) is 13.1 Å². The predicted molar refractivity (Wildman–Crippen MR) is 47.4 cm³/mol. The lowest BCUT2D eigenvalue weighted by Crippen LogP contribution is -2.41. The Bertz CT molecular complexity index is 126. The molecule has 0 amide bonds. The summed E-state index contributed by atoms with van der Waals surface area (Å²) in [5.74, 6) is 4.04. The topological polar surface area (TPSA) is 12.0 Å². The monoisotopic (exact) mass is 153 g/mol. The highest BCUT2D eigenvalue weighted by Gasteiger charge is 2.42. The maximum absolute atomic E-state index is 3.52. The van der Waals surface area contributed by atoms with Crippen molar-refractivity contribution in [3.8, 4) is 0 Å². The third-order valence-corrected chi connectivity index (χ3v) is 3.56. The van der Waals surface area contributed by atoms with E-state index >= 15 is 0 Å². The van der Waals surface area contributed by atoms with Crippen LogP contribution < -0.4 is 5.32 Å². The second kappa shape index (κ2) is 2.78. The molecule has 11 heavy (non-hydrogen) atoms. The van der Waals surface area contributed by atoms with Crippen LogP contribution in [0.3, 0.4) is 0 Å². The molecule has 2 saturated heterocycles. The minimum absolute atomic E-state index is 0.915. The molecular formula is C10H19N. The van der Waals surface area contributed by atoms with Gasteiger partial charge in [0.25, 0.3) is 0 Å². The minimum atomic E-state index is 0.915. The molecule has 3 atom stereocenters. The zero-order valence-corrected chi connectivity index (χ0v) is 7.64. The fourth-order valence-electron chi connectivity index (χ4n) is 3.09. The molecule has 3 aliphatic rings. The van der Waals surface area contributed by atoms with E-state index in [-0.39, 0.29) is 0 Å². The average molecular weight is 153 g/mol. The van der Waals surface area contributed by atoms with Gasteiger partial charge in [-0.15, -0.1) is 0 Å². The van der Waals surface area contributed by atoms with E-state index in [4.69, 9.17) is 0 Å². The van der Waals surface area contributed by atoms with Crippen molar-refractivity contribution in [3.05, 3.63) is 0 Å². The Morgan fingerprint density at radius 3 is 2.82 bits per heavy atom. The van der Waals surface area contributed by atoms with Crippen LogP contribution >= 0.6 is 0 Å². The van der Waals surface area contributed by atoms with E-state index in [9.17, 15) is 0 Å². The first-order valence-electron chi connectivity index (χ1n) is 4.99. The Kier molecular flexibility index (Phi) is 1.92. The van der Waals surface area contributed by atoms with Gasteiger partial charge in [0.1, 0.15) is 0 Å². The molecule has 1 heteroatoms. The maximum Gasteiger partial charge on any atom is -0.00176 e. The van der Waals surface area contributed by atoms with Crippen LogP contribution in [0, 0.1) is 23.7 Å². The first-order chi connectivity index (χ1) is 5.29. The van der Waals surface area contributed by atoms with E-state index in [2.05, 4.69) is 19.2 Å². The fourth-order valence-corrected chi connectivity index (χ4v) is 3.09. The van der Waals surface area contributed by atoms with Gasteiger partial charge in [-0.2, -0.15) is 0 Å². The van der Waals surface area contributed by atoms with Gasteiger partial charge in [0.05, 0.1) is 0 Å². The third kappa shape index (κ3) is 1.20. The Morgan fingerprint density at radius 1 is 1.27 bits per heavy atom. The molecule has 0 aromatic carbocycles. The lowest BCUT2D eigenvalue weighted by molar-refractivity contribution is 0.0446. The largest absolute Gasteiger partial charge is 0.316 e. The van der Waals surface area contributed by atoms with Crippen LogP contribution in [0.2, 0.25) is 0 Å². The van der Waals surface area contributed by atoms with E-state index in [0.717, 1.165) is 23.7 Å². The van der Waals surface area contributed by atoms with Gasteiger partial charge < -0.3 is 5.32 Å². The average Bonchev–Trinajstić information content (AvgIpc) is 2.15. The van der Waals surface area contributed by atoms with Gasteiger partial charge in [-0.1, -0.05) is 13.8 Å². The minimum Gasteiger partial charge on any atom is -0.316 e. The van der Waals surface area contributed by atoms with E-state index in [1.807, 2.05) is 0 Å². The van der Waals surface area contributed by atoms with E-state index < -0.39 is 0 Å². The molecule has 3 fully saturated rings. The molecule has 1 saturated carbocycles.